The summed E-state index contributed by atoms with van der Waals surface area (Å²) in [6.45, 7) is 2.63. The van der Waals surface area contributed by atoms with Crippen molar-refractivity contribution in [1.82, 2.24) is 10.1 Å². The fourth-order valence-corrected chi connectivity index (χ4v) is 2.33. The number of carbonyl (C=O) groups excluding carboxylic acids is 1. The molecule has 2 N–H and O–H groups in total. The van der Waals surface area contributed by atoms with Crippen LogP contribution < -0.4 is 5.73 Å². The fraction of sp³-hybridized carbons (Fsp3) is 0.444. The summed E-state index contributed by atoms with van der Waals surface area (Å²) in [6, 6.07) is 12.0. The Balaban J connectivity index is 1.76. The summed E-state index contributed by atoms with van der Waals surface area (Å²) < 4.78 is 5.37. The van der Waals surface area contributed by atoms with E-state index >= 15 is 0 Å². The Hall–Kier alpha value is -2.14. The molecule has 1 aromatic carbocycles. The Morgan fingerprint density at radius 3 is 2.78 bits per heavy atom. The van der Waals surface area contributed by atoms with Crippen LogP contribution in [0.1, 0.15) is 31.9 Å². The van der Waals surface area contributed by atoms with E-state index in [-0.39, 0.29) is 11.9 Å². The van der Waals surface area contributed by atoms with Gasteiger partial charge in [0.05, 0.1) is 0 Å². The summed E-state index contributed by atoms with van der Waals surface area (Å²) in [7, 11) is 1.83. The van der Waals surface area contributed by atoms with Gasteiger partial charge in [0.25, 0.3) is 0 Å². The second kappa shape index (κ2) is 8.48. The van der Waals surface area contributed by atoms with Gasteiger partial charge in [-0.2, -0.15) is 0 Å². The lowest BCUT2D eigenvalue weighted by Crippen LogP contribution is -2.29. The summed E-state index contributed by atoms with van der Waals surface area (Å²) >= 11 is 0. The second-order valence-electron chi connectivity index (χ2n) is 5.98. The third-order valence-corrected chi connectivity index (χ3v) is 3.78. The number of nitrogens with zero attached hydrogens (tertiary/aromatic N) is 2. The summed E-state index contributed by atoms with van der Waals surface area (Å²) in [5.41, 5.74) is 7.57. The number of hydrogen-bond acceptors (Lipinski definition) is 4. The molecule has 0 saturated heterocycles. The maximum Gasteiger partial charge on any atom is 0.222 e. The lowest BCUT2D eigenvalue weighted by Gasteiger charge is -2.17. The van der Waals surface area contributed by atoms with Gasteiger partial charge in [-0.25, -0.2) is 0 Å². The number of nitrogens with two attached hydrogens (primary N) is 1. The molecule has 124 valence electrons. The van der Waals surface area contributed by atoms with Crippen LogP contribution in [0.3, 0.4) is 0 Å². The van der Waals surface area contributed by atoms with Crippen LogP contribution >= 0.6 is 0 Å². The van der Waals surface area contributed by atoms with E-state index < -0.39 is 0 Å². The van der Waals surface area contributed by atoms with Gasteiger partial charge < -0.3 is 15.2 Å². The molecular weight excluding hydrogens is 290 g/mol. The van der Waals surface area contributed by atoms with E-state index in [0.717, 1.165) is 36.3 Å². The second-order valence-corrected chi connectivity index (χ2v) is 5.98. The lowest BCUT2D eigenvalue weighted by molar-refractivity contribution is -0.130. The zero-order valence-electron chi connectivity index (χ0n) is 13.9. The van der Waals surface area contributed by atoms with Gasteiger partial charge in [0.15, 0.2) is 0 Å². The summed E-state index contributed by atoms with van der Waals surface area (Å²) in [5.74, 6) is 0.991. The predicted molar refractivity (Wildman–Crippen MR) is 90.8 cm³/mol. The van der Waals surface area contributed by atoms with Crippen molar-refractivity contribution in [2.75, 3.05) is 13.6 Å². The average Bonchev–Trinajstić information content (AvgIpc) is 3.02. The lowest BCUT2D eigenvalue weighted by atomic mass is 10.1. The molecule has 0 aliphatic carbocycles. The Kier molecular flexibility index (Phi) is 6.35. The molecule has 0 fully saturated rings. The molecule has 2 rings (SSSR count). The topological polar surface area (TPSA) is 72.4 Å². The van der Waals surface area contributed by atoms with E-state index in [1.54, 1.807) is 4.90 Å². The largest absolute Gasteiger partial charge is 0.361 e. The van der Waals surface area contributed by atoms with Gasteiger partial charge in [-0.3, -0.25) is 4.79 Å². The van der Waals surface area contributed by atoms with Gasteiger partial charge in [0, 0.05) is 44.1 Å². The summed E-state index contributed by atoms with van der Waals surface area (Å²) in [6.07, 6.45) is 2.86. The highest BCUT2D eigenvalue weighted by Gasteiger charge is 2.11. The third kappa shape index (κ3) is 5.53. The molecular formula is C18H25N3O2. The average molecular weight is 315 g/mol. The first kappa shape index (κ1) is 17.2. The van der Waals surface area contributed by atoms with Crippen LogP contribution in [0.25, 0.3) is 11.3 Å². The minimum absolute atomic E-state index is 0.0675. The minimum Gasteiger partial charge on any atom is -0.361 e. The standard InChI is InChI=1S/C18H25N3O2/c1-14(19)10-11-18(22)21(2)12-6-9-16-13-17(20-23-16)15-7-4-3-5-8-15/h3-5,7-8,13-14H,6,9-12,19H2,1-2H3. The Labute approximate surface area is 137 Å². The molecule has 0 bridgehead atoms. The fourth-order valence-electron chi connectivity index (χ4n) is 2.33. The van der Waals surface area contributed by atoms with Crippen LogP contribution in [0.2, 0.25) is 0 Å². The van der Waals surface area contributed by atoms with E-state index in [9.17, 15) is 4.79 Å². The van der Waals surface area contributed by atoms with E-state index in [4.69, 9.17) is 10.3 Å². The number of rotatable bonds is 8. The van der Waals surface area contributed by atoms with Gasteiger partial charge in [0.2, 0.25) is 5.91 Å². The first-order valence-corrected chi connectivity index (χ1v) is 8.07. The van der Waals surface area contributed by atoms with Crippen molar-refractivity contribution in [3.8, 4) is 11.3 Å². The molecule has 0 spiro atoms. The minimum atomic E-state index is 0.0675. The van der Waals surface area contributed by atoms with Gasteiger partial charge in [-0.15, -0.1) is 0 Å². The van der Waals surface area contributed by atoms with Crippen molar-refractivity contribution in [1.29, 1.82) is 0 Å². The predicted octanol–water partition coefficient (Wildman–Crippen LogP) is 2.86. The van der Waals surface area contributed by atoms with E-state index in [1.165, 1.54) is 0 Å². The molecule has 0 saturated carbocycles. The molecule has 1 aromatic heterocycles. The number of hydrogen-bond donors (Lipinski definition) is 1. The van der Waals surface area contributed by atoms with Crippen LogP contribution in [0.4, 0.5) is 0 Å². The SMILES string of the molecule is CC(N)CCC(=O)N(C)CCCc1cc(-c2ccccc2)no1. The summed E-state index contributed by atoms with van der Waals surface area (Å²) in [4.78, 5) is 13.7. The number of aromatic nitrogens is 1. The van der Waals surface area contributed by atoms with Gasteiger partial charge >= 0.3 is 0 Å². The van der Waals surface area contributed by atoms with E-state index in [2.05, 4.69) is 5.16 Å². The third-order valence-electron chi connectivity index (χ3n) is 3.78. The normalized spacial score (nSPS) is 12.1. The van der Waals surface area contributed by atoms with Crippen LogP contribution in [0.5, 0.6) is 0 Å². The van der Waals surface area contributed by atoms with Crippen LogP contribution in [-0.4, -0.2) is 35.6 Å². The number of carbonyl (C=O) groups is 1. The molecule has 1 unspecified atom stereocenters. The highest BCUT2D eigenvalue weighted by Crippen LogP contribution is 2.19. The highest BCUT2D eigenvalue weighted by atomic mass is 16.5. The Morgan fingerprint density at radius 1 is 1.35 bits per heavy atom. The maximum atomic E-state index is 11.9. The molecule has 5 heteroatoms. The van der Waals surface area contributed by atoms with Crippen molar-refractivity contribution in [3.05, 3.63) is 42.2 Å². The first-order chi connectivity index (χ1) is 11.1. The smallest absolute Gasteiger partial charge is 0.222 e. The van der Waals surface area contributed by atoms with Crippen LogP contribution in [-0.2, 0) is 11.2 Å². The van der Waals surface area contributed by atoms with Crippen LogP contribution in [0, 0.1) is 0 Å². The molecule has 1 amide bonds. The van der Waals surface area contributed by atoms with Crippen molar-refractivity contribution < 1.29 is 9.32 Å². The quantitative estimate of drug-likeness (QED) is 0.813. The number of amides is 1. The monoisotopic (exact) mass is 315 g/mol. The molecule has 0 aliphatic heterocycles. The number of benzene rings is 1. The molecule has 1 atom stereocenters. The van der Waals surface area contributed by atoms with E-state index in [0.29, 0.717) is 13.0 Å². The molecule has 1 heterocycles. The number of aryl methyl sites for hydroxylation is 1. The Morgan fingerprint density at radius 2 is 2.09 bits per heavy atom. The zero-order valence-corrected chi connectivity index (χ0v) is 13.9. The molecule has 5 nitrogen and oxygen atoms in total. The van der Waals surface area contributed by atoms with Crippen molar-refractivity contribution in [3.63, 3.8) is 0 Å². The molecule has 23 heavy (non-hydrogen) atoms. The van der Waals surface area contributed by atoms with Crippen LogP contribution in [0.15, 0.2) is 40.9 Å². The molecule has 0 radical (unpaired) electrons. The molecule has 2 aromatic rings. The molecule has 0 aliphatic rings. The van der Waals surface area contributed by atoms with Gasteiger partial charge in [-0.05, 0) is 19.8 Å². The highest BCUT2D eigenvalue weighted by molar-refractivity contribution is 5.75. The van der Waals surface area contributed by atoms with Crippen molar-refractivity contribution >= 4 is 5.91 Å². The Bertz CT molecular complexity index is 608. The summed E-state index contributed by atoms with van der Waals surface area (Å²) in [5, 5.41) is 4.10. The van der Waals surface area contributed by atoms with E-state index in [1.807, 2.05) is 50.4 Å². The maximum absolute atomic E-state index is 11.9. The zero-order chi connectivity index (χ0) is 16.7. The van der Waals surface area contributed by atoms with Gasteiger partial charge in [-0.1, -0.05) is 35.5 Å². The first-order valence-electron chi connectivity index (χ1n) is 8.07. The van der Waals surface area contributed by atoms with Crippen molar-refractivity contribution in [2.24, 2.45) is 5.73 Å². The van der Waals surface area contributed by atoms with Crippen molar-refractivity contribution in [2.45, 2.75) is 38.6 Å². The van der Waals surface area contributed by atoms with Gasteiger partial charge in [0.1, 0.15) is 11.5 Å².